The maximum atomic E-state index is 12.6. The van der Waals surface area contributed by atoms with Gasteiger partial charge in [0.1, 0.15) is 6.54 Å². The fourth-order valence-corrected chi connectivity index (χ4v) is 3.49. The van der Waals surface area contributed by atoms with Crippen molar-refractivity contribution in [1.82, 2.24) is 20.0 Å². The molecule has 1 aliphatic rings. The second-order valence-electron chi connectivity index (χ2n) is 7.28. The average molecular weight is 525 g/mol. The summed E-state index contributed by atoms with van der Waals surface area (Å²) in [6.07, 6.45) is 5.73. The van der Waals surface area contributed by atoms with E-state index in [1.54, 1.807) is 22.8 Å². The van der Waals surface area contributed by atoms with Gasteiger partial charge in [0.25, 0.3) is 0 Å². The van der Waals surface area contributed by atoms with E-state index in [1.165, 1.54) is 5.69 Å². The van der Waals surface area contributed by atoms with Crippen LogP contribution in [0.1, 0.15) is 12.8 Å². The number of piperazine rings is 1. The molecule has 0 aliphatic carbocycles. The van der Waals surface area contributed by atoms with Crippen molar-refractivity contribution in [2.75, 3.05) is 56.6 Å². The SMILES string of the molecule is CN=C(NCCCCN(C)c1ccccc1)N1CCN(c2cnn(C)c2)C(=O)C1.I. The van der Waals surface area contributed by atoms with Crippen LogP contribution in [0.3, 0.4) is 0 Å². The van der Waals surface area contributed by atoms with Crippen molar-refractivity contribution in [3.8, 4) is 0 Å². The van der Waals surface area contributed by atoms with E-state index < -0.39 is 0 Å². The number of hydrogen-bond donors (Lipinski definition) is 1. The maximum absolute atomic E-state index is 12.6. The Morgan fingerprint density at radius 3 is 2.63 bits per heavy atom. The predicted molar refractivity (Wildman–Crippen MR) is 133 cm³/mol. The van der Waals surface area contributed by atoms with Crippen LogP contribution in [-0.4, -0.2) is 73.4 Å². The van der Waals surface area contributed by atoms with Gasteiger partial charge in [-0.3, -0.25) is 14.5 Å². The molecule has 2 aromatic rings. The lowest BCUT2D eigenvalue weighted by molar-refractivity contribution is -0.120. The lowest BCUT2D eigenvalue weighted by Crippen LogP contribution is -2.55. The molecule has 9 heteroatoms. The molecule has 1 saturated heterocycles. The third-order valence-electron chi connectivity index (χ3n) is 5.14. The lowest BCUT2D eigenvalue weighted by Gasteiger charge is -2.35. The van der Waals surface area contributed by atoms with Crippen LogP contribution in [0.4, 0.5) is 11.4 Å². The quantitative estimate of drug-likeness (QED) is 0.260. The second-order valence-corrected chi connectivity index (χ2v) is 7.28. The first kappa shape index (κ1) is 24.0. The van der Waals surface area contributed by atoms with Crippen molar-refractivity contribution >= 4 is 47.2 Å². The number of benzene rings is 1. The number of rotatable bonds is 7. The standard InChI is InChI=1S/C21H31N7O.HI/c1-22-21(23-11-7-8-12-25(2)18-9-5-4-6-10-18)27-13-14-28(20(29)17-27)19-15-24-26(3)16-19;/h4-6,9-10,15-16H,7-8,11-14,17H2,1-3H3,(H,22,23);1H. The summed E-state index contributed by atoms with van der Waals surface area (Å²) in [5.41, 5.74) is 2.09. The smallest absolute Gasteiger partial charge is 0.246 e. The van der Waals surface area contributed by atoms with E-state index in [1.807, 2.05) is 24.2 Å². The largest absolute Gasteiger partial charge is 0.375 e. The van der Waals surface area contributed by atoms with Crippen molar-refractivity contribution in [3.63, 3.8) is 0 Å². The average Bonchev–Trinajstić information content (AvgIpc) is 3.17. The molecular weight excluding hydrogens is 493 g/mol. The van der Waals surface area contributed by atoms with E-state index in [-0.39, 0.29) is 29.9 Å². The Bertz CT molecular complexity index is 824. The van der Waals surface area contributed by atoms with Gasteiger partial charge < -0.3 is 20.0 Å². The van der Waals surface area contributed by atoms with Gasteiger partial charge in [0, 0.05) is 59.2 Å². The number of nitrogens with one attached hydrogen (secondary N) is 1. The number of halogens is 1. The molecule has 2 heterocycles. The molecule has 164 valence electrons. The van der Waals surface area contributed by atoms with E-state index in [4.69, 9.17) is 0 Å². The minimum Gasteiger partial charge on any atom is -0.375 e. The van der Waals surface area contributed by atoms with Gasteiger partial charge in [0.05, 0.1) is 11.9 Å². The second kappa shape index (κ2) is 11.8. The van der Waals surface area contributed by atoms with Crippen molar-refractivity contribution in [2.24, 2.45) is 12.0 Å². The first-order valence-electron chi connectivity index (χ1n) is 10.1. The molecule has 8 nitrogen and oxygen atoms in total. The number of anilines is 2. The molecule has 3 rings (SSSR count). The van der Waals surface area contributed by atoms with Crippen molar-refractivity contribution in [2.45, 2.75) is 12.8 Å². The minimum absolute atomic E-state index is 0. The number of guanidine groups is 1. The van der Waals surface area contributed by atoms with Crippen LogP contribution in [-0.2, 0) is 11.8 Å². The van der Waals surface area contributed by atoms with E-state index in [0.717, 1.165) is 44.1 Å². The first-order valence-corrected chi connectivity index (χ1v) is 10.1. The minimum atomic E-state index is 0. The number of amides is 1. The first-order chi connectivity index (χ1) is 14.1. The molecule has 1 amide bonds. The summed E-state index contributed by atoms with van der Waals surface area (Å²) in [4.78, 5) is 23.0. The normalized spacial score (nSPS) is 14.5. The lowest BCUT2D eigenvalue weighted by atomic mass is 10.2. The zero-order chi connectivity index (χ0) is 20.6. The molecular formula is C21H32IN7O. The van der Waals surface area contributed by atoms with Gasteiger partial charge in [-0.2, -0.15) is 5.10 Å². The van der Waals surface area contributed by atoms with Gasteiger partial charge in [0.2, 0.25) is 5.91 Å². The van der Waals surface area contributed by atoms with E-state index >= 15 is 0 Å². The van der Waals surface area contributed by atoms with Crippen LogP contribution < -0.4 is 15.1 Å². The molecule has 1 aromatic carbocycles. The molecule has 1 fully saturated rings. The summed E-state index contributed by atoms with van der Waals surface area (Å²) in [7, 11) is 5.74. The highest BCUT2D eigenvalue weighted by molar-refractivity contribution is 14.0. The summed E-state index contributed by atoms with van der Waals surface area (Å²) >= 11 is 0. The summed E-state index contributed by atoms with van der Waals surface area (Å²) in [5, 5.41) is 7.56. The molecule has 30 heavy (non-hydrogen) atoms. The van der Waals surface area contributed by atoms with Crippen molar-refractivity contribution < 1.29 is 4.79 Å². The number of aromatic nitrogens is 2. The van der Waals surface area contributed by atoms with Crippen LogP contribution >= 0.6 is 24.0 Å². The molecule has 0 atom stereocenters. The highest BCUT2D eigenvalue weighted by Crippen LogP contribution is 2.16. The zero-order valence-electron chi connectivity index (χ0n) is 18.0. The Labute approximate surface area is 195 Å². The Morgan fingerprint density at radius 1 is 1.23 bits per heavy atom. The van der Waals surface area contributed by atoms with E-state index in [2.05, 4.69) is 51.6 Å². The van der Waals surface area contributed by atoms with E-state index in [0.29, 0.717) is 13.1 Å². The van der Waals surface area contributed by atoms with Crippen molar-refractivity contribution in [3.05, 3.63) is 42.7 Å². The Balaban J connectivity index is 0.00000320. The van der Waals surface area contributed by atoms with Gasteiger partial charge in [0.15, 0.2) is 5.96 Å². The number of aliphatic imine (C=N–C) groups is 1. The molecule has 0 spiro atoms. The fourth-order valence-electron chi connectivity index (χ4n) is 3.49. The number of hydrogen-bond acceptors (Lipinski definition) is 4. The summed E-state index contributed by atoms with van der Waals surface area (Å²) in [5.74, 6) is 0.859. The topological polar surface area (TPSA) is 69.0 Å². The third kappa shape index (κ3) is 6.35. The fraction of sp³-hybridized carbons (Fsp3) is 0.476. The van der Waals surface area contributed by atoms with Crippen LogP contribution in [0.5, 0.6) is 0 Å². The van der Waals surface area contributed by atoms with Crippen LogP contribution in [0.15, 0.2) is 47.7 Å². The number of carbonyl (C=O) groups is 1. The Hall–Kier alpha value is -2.30. The molecule has 0 unspecified atom stereocenters. The Kier molecular flexibility index (Phi) is 9.41. The van der Waals surface area contributed by atoms with Gasteiger partial charge in [-0.1, -0.05) is 18.2 Å². The number of aryl methyl sites for hydroxylation is 1. The van der Waals surface area contributed by atoms with Gasteiger partial charge in [-0.15, -0.1) is 24.0 Å². The number of carbonyl (C=O) groups excluding carboxylic acids is 1. The van der Waals surface area contributed by atoms with Gasteiger partial charge in [-0.05, 0) is 25.0 Å². The third-order valence-corrected chi connectivity index (χ3v) is 5.14. The van der Waals surface area contributed by atoms with Crippen LogP contribution in [0, 0.1) is 0 Å². The molecule has 1 aromatic heterocycles. The Morgan fingerprint density at radius 2 is 2.00 bits per heavy atom. The zero-order valence-corrected chi connectivity index (χ0v) is 20.3. The molecule has 1 N–H and O–H groups in total. The number of para-hydroxylation sites is 1. The monoisotopic (exact) mass is 525 g/mol. The summed E-state index contributed by atoms with van der Waals surface area (Å²) < 4.78 is 1.71. The van der Waals surface area contributed by atoms with Gasteiger partial charge in [-0.25, -0.2) is 0 Å². The van der Waals surface area contributed by atoms with Crippen LogP contribution in [0.25, 0.3) is 0 Å². The highest BCUT2D eigenvalue weighted by atomic mass is 127. The van der Waals surface area contributed by atoms with Crippen molar-refractivity contribution in [1.29, 1.82) is 0 Å². The number of nitrogens with zero attached hydrogens (tertiary/aromatic N) is 6. The molecule has 0 radical (unpaired) electrons. The molecule has 0 bridgehead atoms. The van der Waals surface area contributed by atoms with Crippen LogP contribution in [0.2, 0.25) is 0 Å². The molecule has 0 saturated carbocycles. The summed E-state index contributed by atoms with van der Waals surface area (Å²) in [6.45, 7) is 3.55. The highest BCUT2D eigenvalue weighted by Gasteiger charge is 2.27. The molecule has 1 aliphatic heterocycles. The number of unbranched alkanes of at least 4 members (excludes halogenated alkanes) is 1. The predicted octanol–water partition coefficient (Wildman–Crippen LogP) is 2.18. The maximum Gasteiger partial charge on any atom is 0.246 e. The van der Waals surface area contributed by atoms with E-state index in [9.17, 15) is 4.79 Å². The summed E-state index contributed by atoms with van der Waals surface area (Å²) in [6, 6.07) is 10.4. The van der Waals surface area contributed by atoms with Gasteiger partial charge >= 0.3 is 0 Å².